The first kappa shape index (κ1) is 14.1. The van der Waals surface area contributed by atoms with Crippen LogP contribution in [0, 0.1) is 0 Å². The summed E-state index contributed by atoms with van der Waals surface area (Å²) in [5.74, 6) is -0.303. The molecule has 0 spiro atoms. The molecule has 0 radical (unpaired) electrons. The largest absolute Gasteiger partial charge is 0.398 e. The highest BCUT2D eigenvalue weighted by Crippen LogP contribution is 2.24. The quantitative estimate of drug-likeness (QED) is 0.775. The normalized spacial score (nSPS) is 17.8. The van der Waals surface area contributed by atoms with Crippen LogP contribution in [0.25, 0.3) is 0 Å². The fraction of sp³-hybridized carbons (Fsp3) is 0.364. The Morgan fingerprint density at radius 2 is 2.11 bits per heavy atom. The monoisotopic (exact) mass is 303 g/mol. The van der Waals surface area contributed by atoms with Crippen LogP contribution in [-0.2, 0) is 14.8 Å². The molecule has 1 aliphatic rings. The molecule has 1 fully saturated rings. The molecule has 19 heavy (non-hydrogen) atoms. The molecule has 1 saturated heterocycles. The van der Waals surface area contributed by atoms with Crippen molar-refractivity contribution >= 4 is 33.2 Å². The lowest BCUT2D eigenvalue weighted by atomic mass is 10.3. The molecule has 0 atom stereocenters. The number of sulfonamides is 1. The fourth-order valence-electron chi connectivity index (χ4n) is 1.80. The van der Waals surface area contributed by atoms with Gasteiger partial charge in [-0.05, 0) is 24.6 Å². The van der Waals surface area contributed by atoms with Crippen LogP contribution in [0.1, 0.15) is 6.42 Å². The summed E-state index contributed by atoms with van der Waals surface area (Å²) in [4.78, 5) is 11.5. The third-order valence-electron chi connectivity index (χ3n) is 2.84. The van der Waals surface area contributed by atoms with Crippen molar-refractivity contribution in [3.63, 3.8) is 0 Å². The van der Waals surface area contributed by atoms with Crippen LogP contribution in [0.15, 0.2) is 23.1 Å². The molecule has 1 aromatic carbocycles. The van der Waals surface area contributed by atoms with Gasteiger partial charge in [0.1, 0.15) is 0 Å². The SMILES string of the molecule is Nc1ccc(S(=O)(=O)N2CCCNC(=O)C2)cc1Cl. The van der Waals surface area contributed by atoms with E-state index in [1.807, 2.05) is 0 Å². The molecule has 1 heterocycles. The Balaban J connectivity index is 2.35. The molecule has 104 valence electrons. The van der Waals surface area contributed by atoms with Gasteiger partial charge in [0.05, 0.1) is 22.2 Å². The lowest BCUT2D eigenvalue weighted by molar-refractivity contribution is -0.120. The molecule has 0 saturated carbocycles. The van der Waals surface area contributed by atoms with Gasteiger partial charge in [0, 0.05) is 13.1 Å². The van der Waals surface area contributed by atoms with Crippen molar-refractivity contribution in [1.29, 1.82) is 0 Å². The first-order valence-corrected chi connectivity index (χ1v) is 7.55. The van der Waals surface area contributed by atoms with Gasteiger partial charge in [0.25, 0.3) is 0 Å². The average Bonchev–Trinajstić information content (AvgIpc) is 2.57. The second kappa shape index (κ2) is 5.36. The van der Waals surface area contributed by atoms with Crippen molar-refractivity contribution in [3.8, 4) is 0 Å². The van der Waals surface area contributed by atoms with Crippen LogP contribution >= 0.6 is 11.6 Å². The van der Waals surface area contributed by atoms with Crippen LogP contribution in [0.2, 0.25) is 5.02 Å². The highest BCUT2D eigenvalue weighted by atomic mass is 35.5. The number of nitrogens with zero attached hydrogens (tertiary/aromatic N) is 1. The van der Waals surface area contributed by atoms with E-state index in [-0.39, 0.29) is 22.4 Å². The average molecular weight is 304 g/mol. The molecule has 1 amide bonds. The lowest BCUT2D eigenvalue weighted by Crippen LogP contribution is -2.37. The molecule has 0 aliphatic carbocycles. The number of nitrogen functional groups attached to an aromatic ring is 1. The summed E-state index contributed by atoms with van der Waals surface area (Å²) in [5.41, 5.74) is 5.87. The van der Waals surface area contributed by atoms with Gasteiger partial charge in [-0.3, -0.25) is 4.79 Å². The van der Waals surface area contributed by atoms with E-state index in [2.05, 4.69) is 5.32 Å². The Morgan fingerprint density at radius 1 is 1.37 bits per heavy atom. The van der Waals surface area contributed by atoms with E-state index >= 15 is 0 Å². The highest BCUT2D eigenvalue weighted by Gasteiger charge is 2.28. The molecular formula is C11H14ClN3O3S. The van der Waals surface area contributed by atoms with Crippen molar-refractivity contribution in [2.75, 3.05) is 25.4 Å². The number of rotatable bonds is 2. The summed E-state index contributed by atoms with van der Waals surface area (Å²) in [5, 5.41) is 2.81. The van der Waals surface area contributed by atoms with E-state index in [1.165, 1.54) is 18.2 Å². The van der Waals surface area contributed by atoms with Crippen molar-refractivity contribution in [2.45, 2.75) is 11.3 Å². The number of nitrogens with two attached hydrogens (primary N) is 1. The first-order valence-electron chi connectivity index (χ1n) is 5.73. The van der Waals surface area contributed by atoms with Crippen molar-refractivity contribution < 1.29 is 13.2 Å². The minimum Gasteiger partial charge on any atom is -0.398 e. The number of hydrogen-bond donors (Lipinski definition) is 2. The molecule has 8 heteroatoms. The molecule has 0 bridgehead atoms. The maximum Gasteiger partial charge on any atom is 0.243 e. The summed E-state index contributed by atoms with van der Waals surface area (Å²) in [7, 11) is -3.73. The molecule has 0 aromatic heterocycles. The van der Waals surface area contributed by atoms with E-state index < -0.39 is 10.0 Å². The second-order valence-corrected chi connectivity index (χ2v) is 6.57. The zero-order valence-corrected chi connectivity index (χ0v) is 11.7. The zero-order valence-electron chi connectivity index (χ0n) is 10.1. The number of carbonyl (C=O) groups is 1. The minimum atomic E-state index is -3.73. The topological polar surface area (TPSA) is 92.5 Å². The third kappa shape index (κ3) is 2.99. The summed E-state index contributed by atoms with van der Waals surface area (Å²) >= 11 is 5.83. The Morgan fingerprint density at radius 3 is 2.79 bits per heavy atom. The van der Waals surface area contributed by atoms with E-state index in [0.717, 1.165) is 4.31 Å². The molecule has 6 nitrogen and oxygen atoms in total. The van der Waals surface area contributed by atoms with Gasteiger partial charge in [-0.1, -0.05) is 11.6 Å². The lowest BCUT2D eigenvalue weighted by Gasteiger charge is -2.19. The summed E-state index contributed by atoms with van der Waals surface area (Å²) in [6.45, 7) is 0.598. The number of amides is 1. The minimum absolute atomic E-state index is 0.0430. The smallest absolute Gasteiger partial charge is 0.243 e. The van der Waals surface area contributed by atoms with Crippen LogP contribution in [0.5, 0.6) is 0 Å². The summed E-state index contributed by atoms with van der Waals surface area (Å²) in [6, 6.07) is 4.13. The number of benzene rings is 1. The van der Waals surface area contributed by atoms with Gasteiger partial charge in [0.15, 0.2) is 0 Å². The fourth-order valence-corrected chi connectivity index (χ4v) is 3.51. The number of anilines is 1. The van der Waals surface area contributed by atoms with Gasteiger partial charge < -0.3 is 11.1 Å². The van der Waals surface area contributed by atoms with Crippen LogP contribution in [0.3, 0.4) is 0 Å². The van der Waals surface area contributed by atoms with E-state index in [9.17, 15) is 13.2 Å². The predicted molar refractivity (Wildman–Crippen MR) is 72.2 cm³/mol. The molecule has 1 aliphatic heterocycles. The first-order chi connectivity index (χ1) is 8.91. The number of hydrogen-bond acceptors (Lipinski definition) is 4. The van der Waals surface area contributed by atoms with Gasteiger partial charge in [-0.2, -0.15) is 4.31 Å². The number of carbonyl (C=O) groups excluding carboxylic acids is 1. The van der Waals surface area contributed by atoms with E-state index in [0.29, 0.717) is 25.2 Å². The third-order valence-corrected chi connectivity index (χ3v) is 5.00. The standard InChI is InChI=1S/C11H14ClN3O3S/c12-9-6-8(2-3-10(9)13)19(17,18)15-5-1-4-14-11(16)7-15/h2-3,6H,1,4-5,7,13H2,(H,14,16). The van der Waals surface area contributed by atoms with Crippen LogP contribution in [-0.4, -0.2) is 38.3 Å². The second-order valence-electron chi connectivity index (χ2n) is 4.23. The number of halogens is 1. The maximum absolute atomic E-state index is 12.4. The Hall–Kier alpha value is -1.31. The summed E-state index contributed by atoms with van der Waals surface area (Å²) < 4.78 is 25.9. The highest BCUT2D eigenvalue weighted by molar-refractivity contribution is 7.89. The van der Waals surface area contributed by atoms with Gasteiger partial charge in [0.2, 0.25) is 15.9 Å². The molecule has 3 N–H and O–H groups in total. The number of nitrogens with one attached hydrogen (secondary N) is 1. The van der Waals surface area contributed by atoms with Gasteiger partial charge >= 0.3 is 0 Å². The Kier molecular flexibility index (Phi) is 3.98. The van der Waals surface area contributed by atoms with Crippen LogP contribution < -0.4 is 11.1 Å². The van der Waals surface area contributed by atoms with Crippen LogP contribution in [0.4, 0.5) is 5.69 Å². The zero-order chi connectivity index (χ0) is 14.0. The van der Waals surface area contributed by atoms with Gasteiger partial charge in [-0.15, -0.1) is 0 Å². The Bertz CT molecular complexity index is 603. The summed E-state index contributed by atoms with van der Waals surface area (Å²) in [6.07, 6.45) is 0.577. The molecule has 2 rings (SSSR count). The van der Waals surface area contributed by atoms with Gasteiger partial charge in [-0.25, -0.2) is 8.42 Å². The van der Waals surface area contributed by atoms with Crippen molar-refractivity contribution in [3.05, 3.63) is 23.2 Å². The molecule has 0 unspecified atom stereocenters. The molecule has 1 aromatic rings. The predicted octanol–water partition coefficient (Wildman–Crippen LogP) is 0.433. The van der Waals surface area contributed by atoms with Crippen molar-refractivity contribution in [1.82, 2.24) is 9.62 Å². The van der Waals surface area contributed by atoms with E-state index in [4.69, 9.17) is 17.3 Å². The van der Waals surface area contributed by atoms with Crippen molar-refractivity contribution in [2.24, 2.45) is 0 Å². The Labute approximate surface area is 116 Å². The van der Waals surface area contributed by atoms with E-state index in [1.54, 1.807) is 0 Å². The maximum atomic E-state index is 12.4. The molecular weight excluding hydrogens is 290 g/mol.